The fourth-order valence-electron chi connectivity index (χ4n) is 7.77. The molecule has 0 atom stereocenters. The first-order valence-corrected chi connectivity index (χ1v) is 29.1. The van der Waals surface area contributed by atoms with E-state index in [1.54, 1.807) is 86.9 Å². The Morgan fingerprint density at radius 3 is 1.35 bits per heavy atom. The number of esters is 2. The number of nitrogens with one attached hydrogen (secondary N) is 3. The van der Waals surface area contributed by atoms with Gasteiger partial charge in [0.15, 0.2) is 16.7 Å². The number of rotatable bonds is 15. The predicted octanol–water partition coefficient (Wildman–Crippen LogP) is 12.7. The number of methoxy groups -OCH3 is 2. The Labute approximate surface area is 527 Å². The van der Waals surface area contributed by atoms with Gasteiger partial charge < -0.3 is 58.4 Å². The minimum atomic E-state index is -1.37. The van der Waals surface area contributed by atoms with Gasteiger partial charge in [-0.2, -0.15) is 4.99 Å². The number of anilines is 5. The van der Waals surface area contributed by atoms with Crippen molar-refractivity contribution in [1.29, 1.82) is 0 Å². The third kappa shape index (κ3) is 17.5. The van der Waals surface area contributed by atoms with Gasteiger partial charge in [0.05, 0.1) is 39.0 Å². The van der Waals surface area contributed by atoms with Crippen LogP contribution in [0.25, 0.3) is 30.8 Å². The van der Waals surface area contributed by atoms with E-state index in [1.165, 1.54) is 96.2 Å². The summed E-state index contributed by atoms with van der Waals surface area (Å²) in [7, 11) is 7.29. The smallest absolute Gasteiger partial charge is 0.351 e. The summed E-state index contributed by atoms with van der Waals surface area (Å²) in [5, 5.41) is 28.5. The first kappa shape index (κ1) is 65.3. The van der Waals surface area contributed by atoms with E-state index in [2.05, 4.69) is 30.4 Å². The molecule has 91 heavy (non-hydrogen) atoms. The number of fused-ring (bicyclic) bond motifs is 3. The van der Waals surface area contributed by atoms with Crippen LogP contribution in [0.3, 0.4) is 0 Å². The number of hydrogen-bond donors (Lipinski definition) is 5. The van der Waals surface area contributed by atoms with Crippen molar-refractivity contribution in [3.05, 3.63) is 229 Å². The number of amides is 4. The number of carbonyl (C=O) groups excluding carboxylic acids is 5. The van der Waals surface area contributed by atoms with Gasteiger partial charge in [0.1, 0.15) is 57.2 Å². The van der Waals surface area contributed by atoms with Crippen LogP contribution in [0.2, 0.25) is 0 Å². The maximum absolute atomic E-state index is 12.7. The minimum absolute atomic E-state index is 0.0834. The molecule has 0 fully saturated rings. The summed E-state index contributed by atoms with van der Waals surface area (Å²) in [5.74, 6) is -1.31. The number of aromatic hydroxyl groups is 1. The number of carboxylic acids is 1. The zero-order valence-corrected chi connectivity index (χ0v) is 51.0. The third-order valence-corrected chi connectivity index (χ3v) is 15.9. The lowest BCUT2D eigenvalue weighted by molar-refractivity contribution is 0.0587. The van der Waals surface area contributed by atoms with Gasteiger partial charge in [0.2, 0.25) is 6.08 Å². The number of hydrogen-bond acceptors (Lipinski definition) is 22. The Balaban J connectivity index is 0.000000163. The molecule has 4 amide bonds. The molecule has 0 unspecified atom stereocenters. The number of ether oxygens (including phenoxy) is 4. The van der Waals surface area contributed by atoms with Gasteiger partial charge in [-0.05, 0) is 102 Å². The van der Waals surface area contributed by atoms with Crippen LogP contribution in [-0.4, -0.2) is 81.6 Å². The number of aromatic carboxylic acids is 1. The van der Waals surface area contributed by atoms with Crippen molar-refractivity contribution in [3.63, 3.8) is 0 Å². The zero-order chi connectivity index (χ0) is 65.1. The van der Waals surface area contributed by atoms with Crippen LogP contribution >= 0.6 is 34.0 Å². The van der Waals surface area contributed by atoms with Crippen LogP contribution in [0.1, 0.15) is 42.2 Å². The SMILES string of the molecule is CN(C(=O)Nc1ccc(O)cc1)c1cc2oc(=O)c(C(=O)O)cc2s1.CNc1cc2oc(=O)c(C(=O)OC)cc2s1.COC(=O)c1cc2sc(N(C)C(=O)Nc3ccc(OCc4ccccc4)cc3)cc2oc1=O.O=C=Nc1ccc(OCc2ccccc2)cc1. The van der Waals surface area contributed by atoms with E-state index in [-0.39, 0.29) is 34.1 Å². The molecule has 6 heterocycles. The lowest BCUT2D eigenvalue weighted by Crippen LogP contribution is -2.30. The first-order chi connectivity index (χ1) is 43.8. The molecule has 24 nitrogen and oxygen atoms in total. The van der Waals surface area contributed by atoms with Crippen molar-refractivity contribution in [1.82, 2.24) is 0 Å². The summed E-state index contributed by atoms with van der Waals surface area (Å²) in [6.45, 7) is 0.978. The van der Waals surface area contributed by atoms with Crippen LogP contribution in [0.5, 0.6) is 17.2 Å². The van der Waals surface area contributed by atoms with Gasteiger partial charge in [-0.25, -0.2) is 43.2 Å². The van der Waals surface area contributed by atoms with E-state index in [4.69, 9.17) is 27.8 Å². The third-order valence-electron chi connectivity index (χ3n) is 12.5. The minimum Gasteiger partial charge on any atom is -0.508 e. The second kappa shape index (κ2) is 30.8. The Morgan fingerprint density at radius 2 is 0.934 bits per heavy atom. The number of nitrogens with zero attached hydrogens (tertiary/aromatic N) is 3. The monoisotopic (exact) mass is 1290 g/mol. The molecule has 0 aliphatic rings. The van der Waals surface area contributed by atoms with Crippen LogP contribution in [0.15, 0.2) is 202 Å². The second-order valence-corrected chi connectivity index (χ2v) is 21.8. The average Bonchev–Trinajstić information content (AvgIpc) is 1.75. The average molecular weight is 1290 g/mol. The molecule has 0 aliphatic carbocycles. The standard InChI is InChI=1S/C24H20N2O6S.C16H12N2O6S.C14H11NO2.C10H9NO4S/c1-26(21-13-19-20(33-21)12-18(22(27)30-2)23(28)32-19)24(29)25-16-8-10-17(11-9-16)31-14-15-6-4-3-5-7-15;1-18(16(23)17-8-2-4-9(19)5-3-8)13-7-11-12(25-13)6-10(14(20)21)15(22)24-11;16-11-15-13-6-8-14(9-7-13)17-10-12-4-2-1-3-5-12;1-11-8-4-6-7(16-8)3-5(9(12)14-2)10(13)15-6/h3-13H,14H2,1-2H3,(H,25,29);2-7,19H,1H3,(H,17,23)(H,20,21);1-9H,10H2;3-4,11H,1-2H3. The molecule has 0 saturated carbocycles. The van der Waals surface area contributed by atoms with E-state index < -0.39 is 46.4 Å². The van der Waals surface area contributed by atoms with Crippen molar-refractivity contribution >= 4 is 133 Å². The molecule has 6 aromatic heterocycles. The number of benzene rings is 5. The lowest BCUT2D eigenvalue weighted by atomic mass is 10.2. The van der Waals surface area contributed by atoms with Crippen LogP contribution in [-0.2, 0) is 27.5 Å². The molecule has 11 rings (SSSR count). The summed E-state index contributed by atoms with van der Waals surface area (Å²) in [5.41, 5.74) is 1.65. The van der Waals surface area contributed by atoms with Crippen LogP contribution < -0.4 is 52.1 Å². The first-order valence-electron chi connectivity index (χ1n) is 26.6. The Bertz CT molecular complexity index is 4620. The molecule has 464 valence electrons. The van der Waals surface area contributed by atoms with Crippen LogP contribution in [0.4, 0.5) is 41.7 Å². The molecule has 5 N–H and O–H groups in total. The molecular weight excluding hydrogens is 1240 g/mol. The highest BCUT2D eigenvalue weighted by Crippen LogP contribution is 2.34. The van der Waals surface area contributed by atoms with Crippen molar-refractivity contribution in [3.8, 4) is 17.2 Å². The number of phenolic OH excluding ortho intramolecular Hbond substituents is 1. The largest absolute Gasteiger partial charge is 0.508 e. The van der Waals surface area contributed by atoms with Crippen molar-refractivity contribution in [2.24, 2.45) is 4.99 Å². The van der Waals surface area contributed by atoms with E-state index in [1.807, 2.05) is 60.7 Å². The quantitative estimate of drug-likeness (QED) is 0.0275. The van der Waals surface area contributed by atoms with Crippen LogP contribution in [0, 0.1) is 0 Å². The van der Waals surface area contributed by atoms with Gasteiger partial charge in [-0.15, -0.1) is 34.0 Å². The Morgan fingerprint density at radius 1 is 0.538 bits per heavy atom. The number of carbonyl (C=O) groups is 5. The zero-order valence-electron chi connectivity index (χ0n) is 48.6. The fourth-order valence-corrected chi connectivity index (χ4v) is 10.6. The number of carboxylic acid groups (broad SMARTS) is 1. The van der Waals surface area contributed by atoms with E-state index in [0.29, 0.717) is 61.0 Å². The summed E-state index contributed by atoms with van der Waals surface area (Å²) in [6, 6.07) is 47.8. The lowest BCUT2D eigenvalue weighted by Gasteiger charge is -2.16. The van der Waals surface area contributed by atoms with Gasteiger partial charge >= 0.3 is 46.8 Å². The number of thiophene rings is 3. The number of urea groups is 2. The maximum atomic E-state index is 12.7. The van der Waals surface area contributed by atoms with E-state index in [9.17, 15) is 48.3 Å². The molecule has 0 radical (unpaired) electrons. The summed E-state index contributed by atoms with van der Waals surface area (Å²) >= 11 is 3.72. The number of aliphatic imine (C=N–C) groups is 1. The highest BCUT2D eigenvalue weighted by Gasteiger charge is 2.22. The summed E-state index contributed by atoms with van der Waals surface area (Å²) in [4.78, 5) is 110. The van der Waals surface area contributed by atoms with E-state index >= 15 is 0 Å². The van der Waals surface area contributed by atoms with E-state index in [0.717, 1.165) is 37.9 Å². The van der Waals surface area contributed by atoms with Gasteiger partial charge in [0.25, 0.3) is 0 Å². The van der Waals surface area contributed by atoms with Gasteiger partial charge in [-0.1, -0.05) is 60.7 Å². The molecule has 0 saturated heterocycles. The molecule has 0 spiro atoms. The summed E-state index contributed by atoms with van der Waals surface area (Å²) < 4.78 is 37.3. The Kier molecular flexibility index (Phi) is 22.1. The second-order valence-electron chi connectivity index (χ2n) is 18.6. The molecule has 11 aromatic rings. The Hall–Kier alpha value is -11.6. The van der Waals surface area contributed by atoms with Gasteiger partial charge in [-0.3, -0.25) is 9.80 Å². The maximum Gasteiger partial charge on any atom is 0.351 e. The fraction of sp³-hybridized carbons (Fsp3) is 0.109. The van der Waals surface area contributed by atoms with Crippen molar-refractivity contribution in [2.75, 3.05) is 61.1 Å². The normalized spacial score (nSPS) is 10.3. The van der Waals surface area contributed by atoms with Crippen molar-refractivity contribution in [2.45, 2.75) is 13.2 Å². The van der Waals surface area contributed by atoms with Gasteiger partial charge in [0, 0.05) is 50.7 Å². The molecule has 27 heteroatoms. The number of phenols is 1. The molecule has 5 aromatic carbocycles. The topological polar surface area (TPSA) is 325 Å². The molecule has 0 aliphatic heterocycles. The molecule has 0 bridgehead atoms. The predicted molar refractivity (Wildman–Crippen MR) is 345 cm³/mol. The molecular formula is C64H52N6O18S3. The number of isocyanates is 1. The highest BCUT2D eigenvalue weighted by molar-refractivity contribution is 7.23. The highest BCUT2D eigenvalue weighted by atomic mass is 32.1. The summed E-state index contributed by atoms with van der Waals surface area (Å²) in [6.07, 6.45) is 1.50. The van der Waals surface area contributed by atoms with Crippen molar-refractivity contribution < 1.29 is 71.2 Å².